The second kappa shape index (κ2) is 10.5. The third-order valence-electron chi connectivity index (χ3n) is 6.46. The Balaban J connectivity index is 1.52. The van der Waals surface area contributed by atoms with Crippen LogP contribution in [0.15, 0.2) is 76.8 Å². The van der Waals surface area contributed by atoms with Crippen molar-refractivity contribution in [1.82, 2.24) is 9.55 Å². The summed E-state index contributed by atoms with van der Waals surface area (Å²) >= 11 is 1.29. The fourth-order valence-corrected chi connectivity index (χ4v) is 5.57. The maximum atomic E-state index is 13.4. The van der Waals surface area contributed by atoms with Gasteiger partial charge in [0.25, 0.3) is 0 Å². The molecule has 0 unspecified atom stereocenters. The number of aromatic nitrogens is 2. The van der Waals surface area contributed by atoms with Gasteiger partial charge in [0.05, 0.1) is 15.9 Å². The fourth-order valence-electron chi connectivity index (χ4n) is 4.68. The first-order valence-electron chi connectivity index (χ1n) is 12.2. The van der Waals surface area contributed by atoms with Crippen LogP contribution in [0.25, 0.3) is 17.1 Å². The summed E-state index contributed by atoms with van der Waals surface area (Å²) in [5, 5.41) is 0.739. The molecule has 0 fully saturated rings. The number of ketones is 2. The second-order valence-electron chi connectivity index (χ2n) is 8.84. The van der Waals surface area contributed by atoms with Gasteiger partial charge in [-0.1, -0.05) is 80.8 Å². The summed E-state index contributed by atoms with van der Waals surface area (Å²) in [4.78, 5) is 43.8. The molecule has 0 saturated carbocycles. The number of nitrogens with zero attached hydrogens (tertiary/aromatic N) is 2. The number of hydrogen-bond acceptors (Lipinski definition) is 5. The van der Waals surface area contributed by atoms with E-state index in [-0.39, 0.29) is 11.6 Å². The maximum absolute atomic E-state index is 13.4. The number of thioether (sulfide) groups is 1. The first-order valence-corrected chi connectivity index (χ1v) is 13.1. The smallest absolute Gasteiger partial charge is 0.195 e. The molecule has 0 saturated heterocycles. The second-order valence-corrected chi connectivity index (χ2v) is 9.88. The van der Waals surface area contributed by atoms with E-state index in [0.717, 1.165) is 48.3 Å². The van der Waals surface area contributed by atoms with Gasteiger partial charge in [-0.2, -0.15) is 0 Å². The molecule has 5 nitrogen and oxygen atoms in total. The molecule has 0 bridgehead atoms. The minimum absolute atomic E-state index is 0.176. The van der Waals surface area contributed by atoms with Crippen LogP contribution in [-0.4, -0.2) is 27.4 Å². The molecule has 1 aromatic heterocycles. The molecule has 6 heteroatoms. The molecular weight excluding hydrogens is 468 g/mol. The van der Waals surface area contributed by atoms with Gasteiger partial charge in [0, 0.05) is 28.8 Å². The average molecular weight is 495 g/mol. The fraction of sp³-hybridized carbons (Fsp3) is 0.200. The Morgan fingerprint density at radius 1 is 0.861 bits per heavy atom. The van der Waals surface area contributed by atoms with E-state index in [0.29, 0.717) is 32.7 Å². The summed E-state index contributed by atoms with van der Waals surface area (Å²) in [5.41, 5.74) is 4.00. The molecule has 3 aromatic carbocycles. The van der Waals surface area contributed by atoms with Crippen LogP contribution >= 0.6 is 11.8 Å². The molecule has 1 aliphatic carbocycles. The van der Waals surface area contributed by atoms with Crippen molar-refractivity contribution in [1.29, 1.82) is 0 Å². The Labute approximate surface area is 214 Å². The molecular formula is C30H26N2O3S. The Hall–Kier alpha value is -3.77. The molecule has 0 N–H and O–H groups in total. The highest BCUT2D eigenvalue weighted by Gasteiger charge is 2.30. The first kappa shape index (κ1) is 23.9. The summed E-state index contributed by atoms with van der Waals surface area (Å²) in [6.07, 6.45) is 6.99. The van der Waals surface area contributed by atoms with Crippen LogP contribution in [-0.2, 0) is 11.3 Å². The maximum Gasteiger partial charge on any atom is 0.195 e. The van der Waals surface area contributed by atoms with Crippen molar-refractivity contribution in [3.63, 3.8) is 0 Å². The lowest BCUT2D eigenvalue weighted by Crippen LogP contribution is -2.21. The minimum Gasteiger partial charge on any atom is -0.319 e. The quantitative estimate of drug-likeness (QED) is 0.0984. The highest BCUT2D eigenvalue weighted by Crippen LogP contribution is 2.34. The molecule has 1 aliphatic rings. The van der Waals surface area contributed by atoms with E-state index in [1.54, 1.807) is 48.5 Å². The Kier molecular flexibility index (Phi) is 6.96. The van der Waals surface area contributed by atoms with Crippen molar-refractivity contribution in [3.8, 4) is 0 Å². The summed E-state index contributed by atoms with van der Waals surface area (Å²) < 4.78 is 2.17. The summed E-state index contributed by atoms with van der Waals surface area (Å²) in [5.74, 6) is -0.380. The number of benzene rings is 3. The van der Waals surface area contributed by atoms with Gasteiger partial charge in [-0.3, -0.25) is 14.4 Å². The van der Waals surface area contributed by atoms with Crippen molar-refractivity contribution < 1.29 is 14.4 Å². The number of aryl methyl sites for hydroxylation is 1. The number of carbonyl (C=O) groups is 3. The van der Waals surface area contributed by atoms with E-state index in [1.165, 1.54) is 18.2 Å². The van der Waals surface area contributed by atoms with E-state index in [2.05, 4.69) is 11.5 Å². The zero-order chi connectivity index (χ0) is 25.1. The van der Waals surface area contributed by atoms with E-state index in [9.17, 15) is 14.4 Å². The SMILES string of the molecule is CCCCCCn1c(SC(C=O)=Cc2cccc3c2C(=O)c2ccccc2C3=O)nc2ccccc21. The van der Waals surface area contributed by atoms with E-state index in [4.69, 9.17) is 4.98 Å². The average Bonchev–Trinajstić information content (AvgIpc) is 3.26. The van der Waals surface area contributed by atoms with Crippen LogP contribution in [0.1, 0.15) is 70.0 Å². The number of rotatable bonds is 9. The number of fused-ring (bicyclic) bond motifs is 3. The van der Waals surface area contributed by atoms with E-state index < -0.39 is 0 Å². The number of imidazole rings is 1. The van der Waals surface area contributed by atoms with Crippen LogP contribution in [0.2, 0.25) is 0 Å². The van der Waals surface area contributed by atoms with Crippen LogP contribution in [0.4, 0.5) is 0 Å². The number of hydrogen-bond donors (Lipinski definition) is 0. The standard InChI is InChI=1S/C30H26N2O3S/c1-2-3-4-9-17-32-26-16-8-7-15-25(26)31-30(32)36-21(19-33)18-20-11-10-14-24-27(20)29(35)23-13-6-5-12-22(23)28(24)34/h5-8,10-16,18-19H,2-4,9,17H2,1H3. The van der Waals surface area contributed by atoms with Gasteiger partial charge in [-0.25, -0.2) is 4.98 Å². The lowest BCUT2D eigenvalue weighted by atomic mass is 9.82. The third kappa shape index (κ3) is 4.44. The molecule has 180 valence electrons. The van der Waals surface area contributed by atoms with E-state index in [1.807, 2.05) is 24.3 Å². The molecule has 5 rings (SSSR count). The highest BCUT2D eigenvalue weighted by atomic mass is 32.2. The minimum atomic E-state index is -0.203. The Morgan fingerprint density at radius 2 is 1.58 bits per heavy atom. The van der Waals surface area contributed by atoms with Gasteiger partial charge in [0.15, 0.2) is 23.0 Å². The Bertz CT molecular complexity index is 1520. The number of allylic oxidation sites excluding steroid dienone is 1. The lowest BCUT2D eigenvalue weighted by molar-refractivity contribution is -0.104. The molecule has 36 heavy (non-hydrogen) atoms. The van der Waals surface area contributed by atoms with Crippen molar-refractivity contribution >= 4 is 46.7 Å². The van der Waals surface area contributed by atoms with Crippen LogP contribution in [0, 0.1) is 0 Å². The van der Waals surface area contributed by atoms with Gasteiger partial charge in [-0.05, 0) is 42.0 Å². The van der Waals surface area contributed by atoms with Gasteiger partial charge < -0.3 is 4.57 Å². The van der Waals surface area contributed by atoms with Crippen LogP contribution < -0.4 is 0 Å². The molecule has 0 spiro atoms. The molecule has 1 heterocycles. The summed E-state index contributed by atoms with van der Waals surface area (Å²) in [7, 11) is 0. The number of unbranched alkanes of at least 4 members (excludes halogenated alkanes) is 3. The number of aldehydes is 1. The van der Waals surface area contributed by atoms with Gasteiger partial charge in [0.1, 0.15) is 0 Å². The largest absolute Gasteiger partial charge is 0.319 e. The monoisotopic (exact) mass is 494 g/mol. The van der Waals surface area contributed by atoms with Crippen molar-refractivity contribution in [2.45, 2.75) is 44.3 Å². The first-order chi connectivity index (χ1) is 17.6. The molecule has 0 amide bonds. The molecule has 0 atom stereocenters. The normalized spacial score (nSPS) is 13.1. The van der Waals surface area contributed by atoms with Crippen molar-refractivity contribution in [3.05, 3.63) is 99.5 Å². The predicted molar refractivity (Wildman–Crippen MR) is 144 cm³/mol. The van der Waals surface area contributed by atoms with Gasteiger partial charge in [0.2, 0.25) is 0 Å². The zero-order valence-electron chi connectivity index (χ0n) is 20.1. The topological polar surface area (TPSA) is 69.0 Å². The molecule has 0 aliphatic heterocycles. The molecule has 0 radical (unpaired) electrons. The van der Waals surface area contributed by atoms with Crippen molar-refractivity contribution in [2.75, 3.05) is 0 Å². The predicted octanol–water partition coefficient (Wildman–Crippen LogP) is 6.72. The van der Waals surface area contributed by atoms with Crippen molar-refractivity contribution in [2.24, 2.45) is 0 Å². The van der Waals surface area contributed by atoms with Gasteiger partial charge >= 0.3 is 0 Å². The van der Waals surface area contributed by atoms with Crippen LogP contribution in [0.5, 0.6) is 0 Å². The zero-order valence-corrected chi connectivity index (χ0v) is 20.9. The van der Waals surface area contributed by atoms with E-state index >= 15 is 0 Å². The third-order valence-corrected chi connectivity index (χ3v) is 7.41. The molecule has 4 aromatic rings. The number of para-hydroxylation sites is 2. The Morgan fingerprint density at radius 3 is 2.36 bits per heavy atom. The highest BCUT2D eigenvalue weighted by molar-refractivity contribution is 8.03. The van der Waals surface area contributed by atoms with Crippen LogP contribution in [0.3, 0.4) is 0 Å². The van der Waals surface area contributed by atoms with Gasteiger partial charge in [-0.15, -0.1) is 0 Å². The number of carbonyl (C=O) groups excluding carboxylic acids is 3. The summed E-state index contributed by atoms with van der Waals surface area (Å²) in [6.45, 7) is 3.01. The summed E-state index contributed by atoms with van der Waals surface area (Å²) in [6, 6.07) is 20.0. The lowest BCUT2D eigenvalue weighted by Gasteiger charge is -2.19.